The Bertz CT molecular complexity index is 1070. The third-order valence-electron chi connectivity index (χ3n) is 4.08. The second kappa shape index (κ2) is 10.0. The molecule has 0 atom stereocenters. The summed E-state index contributed by atoms with van der Waals surface area (Å²) < 4.78 is 11.2. The quantitative estimate of drug-likeness (QED) is 0.394. The Labute approximate surface area is 183 Å². The molecule has 0 bridgehead atoms. The number of hydrogen-bond donors (Lipinski definition) is 2. The van der Waals surface area contributed by atoms with Gasteiger partial charge in [0.25, 0.3) is 5.91 Å². The van der Waals surface area contributed by atoms with E-state index in [-0.39, 0.29) is 11.7 Å². The summed E-state index contributed by atoms with van der Waals surface area (Å²) in [4.78, 5) is 12.0. The maximum atomic E-state index is 12.0. The van der Waals surface area contributed by atoms with Crippen molar-refractivity contribution in [3.8, 4) is 17.2 Å². The topological polar surface area (TPSA) is 80.2 Å². The Morgan fingerprint density at radius 1 is 1.03 bits per heavy atom. The van der Waals surface area contributed by atoms with Crippen LogP contribution >= 0.6 is 23.2 Å². The zero-order valence-electron chi connectivity index (χ0n) is 15.9. The van der Waals surface area contributed by atoms with Crippen LogP contribution in [0.3, 0.4) is 0 Å². The molecule has 0 aliphatic carbocycles. The largest absolute Gasteiger partial charge is 0.508 e. The molecule has 0 saturated heterocycles. The third-order valence-corrected chi connectivity index (χ3v) is 4.81. The van der Waals surface area contributed by atoms with Crippen molar-refractivity contribution < 1.29 is 19.4 Å². The highest BCUT2D eigenvalue weighted by Crippen LogP contribution is 2.29. The maximum Gasteiger partial charge on any atom is 0.271 e. The second-order valence-electron chi connectivity index (χ2n) is 6.19. The Kier molecular flexibility index (Phi) is 7.17. The van der Waals surface area contributed by atoms with E-state index in [1.54, 1.807) is 30.3 Å². The number of rotatable bonds is 7. The number of phenolic OH excluding ortho intramolecular Hbond substituents is 1. The number of hydrazone groups is 1. The van der Waals surface area contributed by atoms with E-state index in [9.17, 15) is 9.90 Å². The molecule has 3 aromatic carbocycles. The fourth-order valence-corrected chi connectivity index (χ4v) is 2.84. The Morgan fingerprint density at radius 3 is 2.50 bits per heavy atom. The van der Waals surface area contributed by atoms with Crippen molar-refractivity contribution in [1.82, 2.24) is 5.43 Å². The van der Waals surface area contributed by atoms with E-state index in [0.29, 0.717) is 39.3 Å². The van der Waals surface area contributed by atoms with Gasteiger partial charge in [-0.3, -0.25) is 4.79 Å². The summed E-state index contributed by atoms with van der Waals surface area (Å²) in [5, 5.41) is 14.2. The zero-order valence-corrected chi connectivity index (χ0v) is 17.4. The molecule has 0 aliphatic heterocycles. The van der Waals surface area contributed by atoms with Gasteiger partial charge in [0.05, 0.1) is 23.4 Å². The highest BCUT2D eigenvalue weighted by atomic mass is 35.5. The van der Waals surface area contributed by atoms with Gasteiger partial charge >= 0.3 is 0 Å². The minimum atomic E-state index is -0.389. The molecule has 6 nitrogen and oxygen atoms in total. The first-order valence-electron chi connectivity index (χ1n) is 8.83. The van der Waals surface area contributed by atoms with Crippen LogP contribution < -0.4 is 14.9 Å². The number of amides is 1. The summed E-state index contributed by atoms with van der Waals surface area (Å²) in [5.41, 5.74) is 4.39. The first kappa shape index (κ1) is 21.5. The van der Waals surface area contributed by atoms with Gasteiger partial charge < -0.3 is 14.6 Å². The van der Waals surface area contributed by atoms with E-state index in [1.807, 2.05) is 6.07 Å². The lowest BCUT2D eigenvalue weighted by molar-refractivity contribution is 0.0955. The number of methoxy groups -OCH3 is 1. The van der Waals surface area contributed by atoms with Crippen LogP contribution in [0.25, 0.3) is 0 Å². The fourth-order valence-electron chi connectivity index (χ4n) is 2.52. The summed E-state index contributed by atoms with van der Waals surface area (Å²) in [7, 11) is 1.54. The van der Waals surface area contributed by atoms with E-state index < -0.39 is 0 Å². The van der Waals surface area contributed by atoms with E-state index in [4.69, 9.17) is 32.7 Å². The smallest absolute Gasteiger partial charge is 0.271 e. The van der Waals surface area contributed by atoms with Crippen molar-refractivity contribution in [2.75, 3.05) is 7.11 Å². The van der Waals surface area contributed by atoms with Crippen LogP contribution in [-0.4, -0.2) is 24.3 Å². The van der Waals surface area contributed by atoms with E-state index >= 15 is 0 Å². The predicted molar refractivity (Wildman–Crippen MR) is 117 cm³/mol. The summed E-state index contributed by atoms with van der Waals surface area (Å²) in [6.07, 6.45) is 1.49. The van der Waals surface area contributed by atoms with Gasteiger partial charge in [-0.1, -0.05) is 29.3 Å². The lowest BCUT2D eigenvalue weighted by atomic mass is 10.2. The standard InChI is InChI=1S/C22H18Cl2N2O4/c1-29-21-11-14(12-25-26-22(28)16-4-6-17(27)7-5-16)3-9-20(21)30-13-15-2-8-18(23)19(24)10-15/h2-12,27H,13H2,1H3,(H,26,28)/b25-12-. The predicted octanol–water partition coefficient (Wildman–Crippen LogP) is 5.05. The number of halogens is 2. The molecular weight excluding hydrogens is 427 g/mol. The van der Waals surface area contributed by atoms with Gasteiger partial charge in [0, 0.05) is 5.56 Å². The molecule has 30 heavy (non-hydrogen) atoms. The van der Waals surface area contributed by atoms with Gasteiger partial charge in [0.1, 0.15) is 12.4 Å². The van der Waals surface area contributed by atoms with Crippen molar-refractivity contribution in [2.24, 2.45) is 5.10 Å². The van der Waals surface area contributed by atoms with Crippen LogP contribution in [0.2, 0.25) is 10.0 Å². The Hall–Kier alpha value is -3.22. The molecule has 0 saturated carbocycles. The summed E-state index contributed by atoms with van der Waals surface area (Å²) >= 11 is 11.9. The number of hydrogen-bond acceptors (Lipinski definition) is 5. The van der Waals surface area contributed by atoms with E-state index in [1.165, 1.54) is 37.6 Å². The van der Waals surface area contributed by atoms with E-state index in [2.05, 4.69) is 10.5 Å². The second-order valence-corrected chi connectivity index (χ2v) is 7.01. The number of benzene rings is 3. The van der Waals surface area contributed by atoms with Gasteiger partial charge in [0.2, 0.25) is 0 Å². The first-order valence-corrected chi connectivity index (χ1v) is 9.59. The summed E-state index contributed by atoms with van der Waals surface area (Å²) in [6.45, 7) is 0.295. The fraction of sp³-hybridized carbons (Fsp3) is 0.0909. The van der Waals surface area contributed by atoms with Crippen LogP contribution in [0.15, 0.2) is 65.8 Å². The number of nitrogens with one attached hydrogen (secondary N) is 1. The molecule has 0 fully saturated rings. The van der Waals surface area contributed by atoms with Gasteiger partial charge in [-0.15, -0.1) is 0 Å². The molecule has 3 aromatic rings. The average Bonchev–Trinajstić information content (AvgIpc) is 2.75. The number of carbonyl (C=O) groups excluding carboxylic acids is 1. The average molecular weight is 445 g/mol. The summed E-state index contributed by atoms with van der Waals surface area (Å²) in [5.74, 6) is 0.765. The minimum Gasteiger partial charge on any atom is -0.508 e. The number of aromatic hydroxyl groups is 1. The van der Waals surface area contributed by atoms with Crippen molar-refractivity contribution >= 4 is 35.3 Å². The van der Waals surface area contributed by atoms with Gasteiger partial charge in [-0.05, 0) is 65.7 Å². The number of carbonyl (C=O) groups is 1. The molecule has 2 N–H and O–H groups in total. The van der Waals surface area contributed by atoms with Crippen LogP contribution in [-0.2, 0) is 6.61 Å². The van der Waals surface area contributed by atoms with Crippen molar-refractivity contribution in [2.45, 2.75) is 6.61 Å². The van der Waals surface area contributed by atoms with E-state index in [0.717, 1.165) is 5.56 Å². The van der Waals surface area contributed by atoms with Crippen LogP contribution in [0.5, 0.6) is 17.2 Å². The normalized spacial score (nSPS) is 10.8. The van der Waals surface area contributed by atoms with Crippen molar-refractivity contribution in [3.63, 3.8) is 0 Å². The number of phenols is 1. The van der Waals surface area contributed by atoms with Crippen LogP contribution in [0.4, 0.5) is 0 Å². The molecule has 8 heteroatoms. The number of ether oxygens (including phenoxy) is 2. The van der Waals surface area contributed by atoms with Crippen LogP contribution in [0, 0.1) is 0 Å². The first-order chi connectivity index (χ1) is 14.5. The molecule has 0 radical (unpaired) electrons. The molecule has 3 rings (SSSR count). The Balaban J connectivity index is 1.62. The van der Waals surface area contributed by atoms with Gasteiger partial charge in [-0.2, -0.15) is 5.10 Å². The highest BCUT2D eigenvalue weighted by molar-refractivity contribution is 6.42. The van der Waals surface area contributed by atoms with Gasteiger partial charge in [0.15, 0.2) is 11.5 Å². The Morgan fingerprint density at radius 2 is 1.80 bits per heavy atom. The molecular formula is C22H18Cl2N2O4. The monoisotopic (exact) mass is 444 g/mol. The van der Waals surface area contributed by atoms with Crippen LogP contribution in [0.1, 0.15) is 21.5 Å². The molecule has 0 spiro atoms. The van der Waals surface area contributed by atoms with Crippen molar-refractivity contribution in [1.29, 1.82) is 0 Å². The molecule has 1 amide bonds. The van der Waals surface area contributed by atoms with Crippen molar-refractivity contribution in [3.05, 3.63) is 87.4 Å². The SMILES string of the molecule is COc1cc(/C=N\NC(=O)c2ccc(O)cc2)ccc1OCc1ccc(Cl)c(Cl)c1. The minimum absolute atomic E-state index is 0.0867. The zero-order chi connectivity index (χ0) is 21.5. The molecule has 0 heterocycles. The molecule has 154 valence electrons. The summed E-state index contributed by atoms with van der Waals surface area (Å²) in [6, 6.07) is 16.4. The maximum absolute atomic E-state index is 12.0. The lowest BCUT2D eigenvalue weighted by Crippen LogP contribution is -2.17. The lowest BCUT2D eigenvalue weighted by Gasteiger charge is -2.11. The molecule has 0 aromatic heterocycles. The number of nitrogens with zero attached hydrogens (tertiary/aromatic N) is 1. The molecule has 0 aliphatic rings. The third kappa shape index (κ3) is 5.65. The highest BCUT2D eigenvalue weighted by Gasteiger charge is 2.07. The molecule has 0 unspecified atom stereocenters. The van der Waals surface area contributed by atoms with Gasteiger partial charge in [-0.25, -0.2) is 5.43 Å².